The largest absolute Gasteiger partial charge is 0.311 e. The molecular formula is C17H21NS2. The number of nitrogens with one attached hydrogen (secondary N) is 1. The van der Waals surface area contributed by atoms with Gasteiger partial charge in [0.25, 0.3) is 0 Å². The zero-order valence-corrected chi connectivity index (χ0v) is 13.3. The van der Waals surface area contributed by atoms with Crippen LogP contribution in [0.25, 0.3) is 10.4 Å². The first-order valence-electron chi connectivity index (χ1n) is 7.38. The molecule has 1 N–H and O–H groups in total. The summed E-state index contributed by atoms with van der Waals surface area (Å²) < 4.78 is 0. The van der Waals surface area contributed by atoms with Crippen molar-refractivity contribution in [2.75, 3.05) is 12.3 Å². The van der Waals surface area contributed by atoms with Crippen LogP contribution in [-0.2, 0) is 6.54 Å². The van der Waals surface area contributed by atoms with Gasteiger partial charge in [-0.15, -0.1) is 11.3 Å². The average Bonchev–Trinajstić information content (AvgIpc) is 2.98. The molecule has 20 heavy (non-hydrogen) atoms. The van der Waals surface area contributed by atoms with Crippen LogP contribution in [0.15, 0.2) is 42.5 Å². The van der Waals surface area contributed by atoms with Crippen LogP contribution in [0.2, 0.25) is 0 Å². The molecule has 1 nitrogen and oxygen atoms in total. The van der Waals surface area contributed by atoms with Crippen molar-refractivity contribution in [3.63, 3.8) is 0 Å². The number of thiophene rings is 1. The van der Waals surface area contributed by atoms with Gasteiger partial charge in [0.1, 0.15) is 0 Å². The van der Waals surface area contributed by atoms with E-state index in [4.69, 9.17) is 0 Å². The molecule has 1 aliphatic heterocycles. The molecule has 1 unspecified atom stereocenters. The molecule has 1 aromatic carbocycles. The molecule has 3 rings (SSSR count). The Bertz CT molecular complexity index is 515. The smallest absolute Gasteiger partial charge is 0.0346 e. The summed E-state index contributed by atoms with van der Waals surface area (Å²) in [5.74, 6) is 1.35. The van der Waals surface area contributed by atoms with Crippen LogP contribution in [-0.4, -0.2) is 17.5 Å². The standard InChI is InChI=1S/C17H21NS2/c1-2-6-14(7-3-1)17-10-9-16(20-17)13-18-12-15-8-4-5-11-19-15/h1-3,6-7,9-10,15,18H,4-5,8,11-13H2. The molecule has 1 atom stereocenters. The fourth-order valence-corrected chi connectivity index (χ4v) is 4.81. The molecule has 0 amide bonds. The number of rotatable bonds is 5. The Hall–Kier alpha value is -0.770. The summed E-state index contributed by atoms with van der Waals surface area (Å²) in [7, 11) is 0. The molecule has 0 saturated carbocycles. The van der Waals surface area contributed by atoms with Crippen molar-refractivity contribution in [3.8, 4) is 10.4 Å². The molecule has 1 aliphatic rings. The third kappa shape index (κ3) is 3.87. The van der Waals surface area contributed by atoms with Crippen LogP contribution >= 0.6 is 23.1 Å². The SMILES string of the molecule is c1ccc(-c2ccc(CNCC3CCCCS3)s2)cc1. The van der Waals surface area contributed by atoms with E-state index in [1.807, 2.05) is 11.3 Å². The Morgan fingerprint density at radius 3 is 2.75 bits per heavy atom. The molecule has 106 valence electrons. The van der Waals surface area contributed by atoms with Gasteiger partial charge in [-0.2, -0.15) is 11.8 Å². The van der Waals surface area contributed by atoms with Crippen molar-refractivity contribution >= 4 is 23.1 Å². The quantitative estimate of drug-likeness (QED) is 0.852. The van der Waals surface area contributed by atoms with Crippen molar-refractivity contribution in [3.05, 3.63) is 47.3 Å². The van der Waals surface area contributed by atoms with E-state index in [2.05, 4.69) is 59.5 Å². The van der Waals surface area contributed by atoms with Crippen LogP contribution < -0.4 is 5.32 Å². The first-order valence-corrected chi connectivity index (χ1v) is 9.25. The summed E-state index contributed by atoms with van der Waals surface area (Å²) >= 11 is 4.04. The Balaban J connectivity index is 1.50. The van der Waals surface area contributed by atoms with Gasteiger partial charge in [0.15, 0.2) is 0 Å². The van der Waals surface area contributed by atoms with E-state index in [0.717, 1.165) is 18.3 Å². The third-order valence-electron chi connectivity index (χ3n) is 3.67. The summed E-state index contributed by atoms with van der Waals surface area (Å²) in [6.45, 7) is 2.16. The number of thioether (sulfide) groups is 1. The topological polar surface area (TPSA) is 12.0 Å². The number of benzene rings is 1. The lowest BCUT2D eigenvalue weighted by Gasteiger charge is -2.21. The van der Waals surface area contributed by atoms with Crippen LogP contribution in [0.5, 0.6) is 0 Å². The van der Waals surface area contributed by atoms with Gasteiger partial charge < -0.3 is 5.32 Å². The van der Waals surface area contributed by atoms with E-state index >= 15 is 0 Å². The van der Waals surface area contributed by atoms with Gasteiger partial charge in [-0.05, 0) is 36.3 Å². The van der Waals surface area contributed by atoms with Gasteiger partial charge in [-0.3, -0.25) is 0 Å². The highest BCUT2D eigenvalue weighted by atomic mass is 32.2. The maximum atomic E-state index is 3.63. The Morgan fingerprint density at radius 1 is 1.05 bits per heavy atom. The molecule has 3 heteroatoms. The van der Waals surface area contributed by atoms with E-state index in [0.29, 0.717) is 0 Å². The summed E-state index contributed by atoms with van der Waals surface area (Å²) in [5.41, 5.74) is 1.33. The van der Waals surface area contributed by atoms with Gasteiger partial charge in [0.2, 0.25) is 0 Å². The van der Waals surface area contributed by atoms with Crippen LogP contribution in [0.1, 0.15) is 24.1 Å². The molecule has 1 fully saturated rings. The fourth-order valence-electron chi connectivity index (χ4n) is 2.56. The second-order valence-corrected chi connectivity index (χ2v) is 7.83. The summed E-state index contributed by atoms with van der Waals surface area (Å²) in [6.07, 6.45) is 4.21. The van der Waals surface area contributed by atoms with Crippen LogP contribution in [0, 0.1) is 0 Å². The molecular weight excluding hydrogens is 282 g/mol. The Morgan fingerprint density at radius 2 is 1.95 bits per heavy atom. The minimum atomic E-state index is 0.831. The summed E-state index contributed by atoms with van der Waals surface area (Å²) in [5, 5.41) is 4.46. The molecule has 0 radical (unpaired) electrons. The highest BCUT2D eigenvalue weighted by Crippen LogP contribution is 2.28. The lowest BCUT2D eigenvalue weighted by atomic mass is 10.2. The third-order valence-corrected chi connectivity index (χ3v) is 6.20. The molecule has 0 spiro atoms. The van der Waals surface area contributed by atoms with Gasteiger partial charge in [-0.1, -0.05) is 36.8 Å². The van der Waals surface area contributed by atoms with Crippen molar-refractivity contribution in [2.24, 2.45) is 0 Å². The normalized spacial score (nSPS) is 19.1. The molecule has 2 heterocycles. The van der Waals surface area contributed by atoms with E-state index in [9.17, 15) is 0 Å². The van der Waals surface area contributed by atoms with E-state index in [1.165, 1.54) is 40.3 Å². The summed E-state index contributed by atoms with van der Waals surface area (Å²) in [4.78, 5) is 2.80. The first kappa shape index (κ1) is 14.2. The van der Waals surface area contributed by atoms with Crippen molar-refractivity contribution in [2.45, 2.75) is 31.1 Å². The number of hydrogen-bond acceptors (Lipinski definition) is 3. The lowest BCUT2D eigenvalue weighted by Crippen LogP contribution is -2.26. The molecule has 0 bridgehead atoms. The minimum Gasteiger partial charge on any atom is -0.311 e. The molecule has 1 aromatic heterocycles. The van der Waals surface area contributed by atoms with Crippen molar-refractivity contribution in [1.29, 1.82) is 0 Å². The average molecular weight is 303 g/mol. The highest BCUT2D eigenvalue weighted by molar-refractivity contribution is 7.99. The lowest BCUT2D eigenvalue weighted by molar-refractivity contribution is 0.600. The summed E-state index contributed by atoms with van der Waals surface area (Å²) in [6, 6.07) is 15.1. The Kier molecular flexibility index (Phi) is 5.17. The minimum absolute atomic E-state index is 0.831. The Labute approximate surface area is 129 Å². The van der Waals surface area contributed by atoms with Crippen LogP contribution in [0.3, 0.4) is 0 Å². The zero-order valence-electron chi connectivity index (χ0n) is 11.7. The van der Waals surface area contributed by atoms with E-state index < -0.39 is 0 Å². The predicted molar refractivity (Wildman–Crippen MR) is 91.6 cm³/mol. The van der Waals surface area contributed by atoms with E-state index in [1.54, 1.807) is 0 Å². The monoisotopic (exact) mass is 303 g/mol. The zero-order chi connectivity index (χ0) is 13.6. The van der Waals surface area contributed by atoms with Gasteiger partial charge >= 0.3 is 0 Å². The first-order chi connectivity index (χ1) is 9.92. The van der Waals surface area contributed by atoms with Crippen LogP contribution in [0.4, 0.5) is 0 Å². The number of hydrogen-bond donors (Lipinski definition) is 1. The molecule has 2 aromatic rings. The maximum absolute atomic E-state index is 3.63. The highest BCUT2D eigenvalue weighted by Gasteiger charge is 2.13. The van der Waals surface area contributed by atoms with E-state index in [-0.39, 0.29) is 0 Å². The fraction of sp³-hybridized carbons (Fsp3) is 0.412. The predicted octanol–water partition coefficient (Wildman–Crippen LogP) is 4.79. The second kappa shape index (κ2) is 7.30. The van der Waals surface area contributed by atoms with Crippen molar-refractivity contribution in [1.82, 2.24) is 5.32 Å². The maximum Gasteiger partial charge on any atom is 0.0346 e. The van der Waals surface area contributed by atoms with Gasteiger partial charge in [0, 0.05) is 28.1 Å². The van der Waals surface area contributed by atoms with Gasteiger partial charge in [0.05, 0.1) is 0 Å². The van der Waals surface area contributed by atoms with Gasteiger partial charge in [-0.25, -0.2) is 0 Å². The molecule has 0 aliphatic carbocycles. The second-order valence-electron chi connectivity index (χ2n) is 5.25. The molecule has 1 saturated heterocycles. The van der Waals surface area contributed by atoms with Crippen molar-refractivity contribution < 1.29 is 0 Å².